The number of ether oxygens (including phenoxy) is 1. The molecule has 0 aliphatic heterocycles. The minimum absolute atomic E-state index is 0.108. The zero-order valence-electron chi connectivity index (χ0n) is 31.7. The van der Waals surface area contributed by atoms with Gasteiger partial charge in [0, 0.05) is 16.4 Å². The number of carbonyl (C=O) groups excluding carboxylic acids is 1. The number of carbonyl (C=O) groups is 2. The van der Waals surface area contributed by atoms with Gasteiger partial charge in [0.2, 0.25) is 0 Å². The first-order chi connectivity index (χ1) is 23.3. The molecule has 0 heterocycles. The van der Waals surface area contributed by atoms with Gasteiger partial charge in [-0.05, 0) is 149 Å². The molecule has 1 aromatic carbocycles. The highest BCUT2D eigenvalue weighted by Crippen LogP contribution is 2.77. The van der Waals surface area contributed by atoms with E-state index in [0.717, 1.165) is 57.8 Å². The Bertz CT molecular complexity index is 1690. The number of allylic oxidation sites excluding steroid dienone is 1. The summed E-state index contributed by atoms with van der Waals surface area (Å²) < 4.78 is 20.4. The number of carboxylic acid groups (broad SMARTS) is 1. The number of nitriles is 1. The Morgan fingerprint density at radius 1 is 0.960 bits per heavy atom. The van der Waals surface area contributed by atoms with E-state index in [1.54, 1.807) is 13.8 Å². The highest BCUT2D eigenvalue weighted by atomic mass is 19.1. The SMILES string of the molecule is C=C(C)[C@@H]1CC[C@]2(C#Cc3cc(F)ccc3C#N)CC[C@]3(C)C(CCC4[C@@]5(C)CC[C@H](OC(=O)CC(C)(C)C(=O)O)C(C)(C)C5CC[C@]43C)C12. The summed E-state index contributed by atoms with van der Waals surface area (Å²) in [6.45, 7) is 22.2. The van der Waals surface area contributed by atoms with Gasteiger partial charge in [-0.3, -0.25) is 9.59 Å². The zero-order valence-corrected chi connectivity index (χ0v) is 31.7. The molecule has 5 fully saturated rings. The van der Waals surface area contributed by atoms with Crippen LogP contribution in [-0.2, 0) is 14.3 Å². The molecule has 5 aliphatic rings. The number of aliphatic carboxylic acids is 1. The summed E-state index contributed by atoms with van der Waals surface area (Å²) in [5.41, 5.74) is 0.996. The summed E-state index contributed by atoms with van der Waals surface area (Å²) in [5, 5.41) is 19.3. The van der Waals surface area contributed by atoms with Crippen LogP contribution in [-0.4, -0.2) is 23.1 Å². The molecule has 5 nitrogen and oxygen atoms in total. The Kier molecular flexibility index (Phi) is 8.98. The van der Waals surface area contributed by atoms with Crippen molar-refractivity contribution in [2.45, 2.75) is 132 Å². The van der Waals surface area contributed by atoms with E-state index in [1.807, 2.05) is 0 Å². The van der Waals surface area contributed by atoms with E-state index in [2.05, 4.69) is 66.0 Å². The quantitative estimate of drug-likeness (QED) is 0.190. The standard InChI is InChI=1S/C44H58FNO4/c1-27(2)31-15-21-44(20-14-28-24-30(45)11-10-29(28)26-46)23-22-42(8)32(37(31)44)12-13-34-41(7)18-17-35(50-36(47)25-39(3,4)38(48)49)40(5,6)33(41)16-19-43(34,42)9/h10-11,24,31-35,37H,1,12-13,15-19,21-23,25H2,2-9H3,(H,48,49)/t31-,32?,33?,34?,35-,37?,41-,42+,43+,44+/m0/s1. The van der Waals surface area contributed by atoms with Crippen LogP contribution in [0.4, 0.5) is 4.39 Å². The van der Waals surface area contributed by atoms with Gasteiger partial charge >= 0.3 is 11.9 Å². The number of carboxylic acids is 1. The lowest BCUT2D eigenvalue weighted by Gasteiger charge is -2.72. The third-order valence-corrected chi connectivity index (χ3v) is 16.0. The van der Waals surface area contributed by atoms with Crippen LogP contribution >= 0.6 is 0 Å². The number of benzene rings is 1. The van der Waals surface area contributed by atoms with Crippen molar-refractivity contribution in [3.05, 3.63) is 47.3 Å². The molecule has 5 aliphatic carbocycles. The molecule has 6 heteroatoms. The molecule has 1 aromatic rings. The molecule has 0 spiro atoms. The molecule has 0 amide bonds. The number of fused-ring (bicyclic) bond motifs is 7. The van der Waals surface area contributed by atoms with Crippen LogP contribution in [0.5, 0.6) is 0 Å². The normalized spacial score (nSPS) is 40.0. The van der Waals surface area contributed by atoms with Gasteiger partial charge in [0.15, 0.2) is 0 Å². The van der Waals surface area contributed by atoms with Crippen molar-refractivity contribution in [1.82, 2.24) is 0 Å². The Balaban J connectivity index is 1.30. The van der Waals surface area contributed by atoms with E-state index in [0.29, 0.717) is 40.7 Å². The number of rotatable bonds is 5. The van der Waals surface area contributed by atoms with Gasteiger partial charge in [0.05, 0.1) is 17.4 Å². The van der Waals surface area contributed by atoms with Crippen LogP contribution in [0.15, 0.2) is 30.4 Å². The van der Waals surface area contributed by atoms with Gasteiger partial charge in [0.25, 0.3) is 0 Å². The first-order valence-electron chi connectivity index (χ1n) is 19.1. The monoisotopic (exact) mass is 683 g/mol. The number of hydrogen-bond acceptors (Lipinski definition) is 4. The van der Waals surface area contributed by atoms with Crippen LogP contribution in [0, 0.1) is 91.1 Å². The molecular weight excluding hydrogens is 625 g/mol. The van der Waals surface area contributed by atoms with Gasteiger partial charge in [0.1, 0.15) is 18.0 Å². The van der Waals surface area contributed by atoms with Crippen molar-refractivity contribution in [1.29, 1.82) is 5.26 Å². The predicted octanol–water partition coefficient (Wildman–Crippen LogP) is 10.1. The maximum absolute atomic E-state index is 14.3. The molecule has 10 atom stereocenters. The Labute approximate surface area is 299 Å². The van der Waals surface area contributed by atoms with Gasteiger partial charge in [-0.25, -0.2) is 4.39 Å². The molecule has 4 unspecified atom stereocenters. The van der Waals surface area contributed by atoms with E-state index in [-0.39, 0.29) is 45.4 Å². The molecule has 5 saturated carbocycles. The van der Waals surface area contributed by atoms with Gasteiger partial charge in [-0.1, -0.05) is 58.6 Å². The van der Waals surface area contributed by atoms with Gasteiger partial charge in [-0.2, -0.15) is 5.26 Å². The summed E-state index contributed by atoms with van der Waals surface area (Å²) in [6.07, 6.45) is 10.2. The Morgan fingerprint density at radius 3 is 2.34 bits per heavy atom. The predicted molar refractivity (Wildman–Crippen MR) is 193 cm³/mol. The molecule has 1 N–H and O–H groups in total. The molecule has 270 valence electrons. The summed E-state index contributed by atoms with van der Waals surface area (Å²) in [5.74, 6) is 7.58. The lowest BCUT2D eigenvalue weighted by atomic mass is 9.32. The number of halogens is 1. The molecule has 0 bridgehead atoms. The van der Waals surface area contributed by atoms with Crippen LogP contribution in [0.1, 0.15) is 137 Å². The van der Waals surface area contributed by atoms with Crippen LogP contribution < -0.4 is 0 Å². The van der Waals surface area contributed by atoms with Crippen molar-refractivity contribution in [3.63, 3.8) is 0 Å². The molecule has 50 heavy (non-hydrogen) atoms. The van der Waals surface area contributed by atoms with E-state index < -0.39 is 17.4 Å². The Hall–Kier alpha value is -3.12. The van der Waals surface area contributed by atoms with Crippen molar-refractivity contribution >= 4 is 11.9 Å². The maximum Gasteiger partial charge on any atom is 0.309 e. The second kappa shape index (κ2) is 12.2. The number of hydrogen-bond donors (Lipinski definition) is 1. The van der Waals surface area contributed by atoms with Crippen LogP contribution in [0.25, 0.3) is 0 Å². The summed E-state index contributed by atoms with van der Waals surface area (Å²) in [6, 6.07) is 6.49. The Morgan fingerprint density at radius 2 is 1.68 bits per heavy atom. The summed E-state index contributed by atoms with van der Waals surface area (Å²) >= 11 is 0. The molecule has 0 radical (unpaired) electrons. The van der Waals surface area contributed by atoms with Crippen LogP contribution in [0.2, 0.25) is 0 Å². The first kappa shape index (κ1) is 36.7. The second-order valence-corrected chi connectivity index (χ2v) is 19.1. The van der Waals surface area contributed by atoms with E-state index >= 15 is 0 Å². The van der Waals surface area contributed by atoms with Crippen LogP contribution in [0.3, 0.4) is 0 Å². The molecule has 6 rings (SSSR count). The lowest BCUT2D eigenvalue weighted by molar-refractivity contribution is -0.247. The molecule has 0 saturated heterocycles. The minimum Gasteiger partial charge on any atom is -0.481 e. The first-order valence-corrected chi connectivity index (χ1v) is 19.1. The number of esters is 1. The van der Waals surface area contributed by atoms with Gasteiger partial charge in [-0.15, -0.1) is 0 Å². The van der Waals surface area contributed by atoms with Crippen molar-refractivity contribution in [3.8, 4) is 17.9 Å². The zero-order chi connectivity index (χ0) is 36.7. The maximum atomic E-state index is 14.3. The molecule has 0 aromatic heterocycles. The molecular formula is C44H58FNO4. The lowest BCUT2D eigenvalue weighted by Crippen LogP contribution is -2.66. The van der Waals surface area contributed by atoms with E-state index in [1.165, 1.54) is 30.2 Å². The highest BCUT2D eigenvalue weighted by Gasteiger charge is 2.71. The topological polar surface area (TPSA) is 87.4 Å². The van der Waals surface area contributed by atoms with E-state index in [9.17, 15) is 24.3 Å². The van der Waals surface area contributed by atoms with E-state index in [4.69, 9.17) is 4.74 Å². The smallest absolute Gasteiger partial charge is 0.309 e. The number of nitrogens with zero attached hydrogens (tertiary/aromatic N) is 1. The fourth-order valence-corrected chi connectivity index (χ4v) is 13.1. The van der Waals surface area contributed by atoms with Gasteiger partial charge < -0.3 is 9.84 Å². The summed E-state index contributed by atoms with van der Waals surface area (Å²) in [4.78, 5) is 24.8. The van der Waals surface area contributed by atoms with Crippen molar-refractivity contribution in [2.75, 3.05) is 0 Å². The minimum atomic E-state index is -1.16. The largest absolute Gasteiger partial charge is 0.481 e. The fraction of sp³-hybridized carbons (Fsp3) is 0.705. The third-order valence-electron chi connectivity index (χ3n) is 16.0. The van der Waals surface area contributed by atoms with Crippen molar-refractivity contribution < 1.29 is 23.8 Å². The second-order valence-electron chi connectivity index (χ2n) is 19.1. The fourth-order valence-electron chi connectivity index (χ4n) is 13.1. The average Bonchev–Trinajstić information content (AvgIpc) is 3.42. The average molecular weight is 684 g/mol. The summed E-state index contributed by atoms with van der Waals surface area (Å²) in [7, 11) is 0. The van der Waals surface area contributed by atoms with Crippen molar-refractivity contribution in [2.24, 2.45) is 62.1 Å². The third kappa shape index (κ3) is 5.45. The highest BCUT2D eigenvalue weighted by molar-refractivity contribution is 5.81.